The molecule has 2 rings (SSSR count). The second-order valence-electron chi connectivity index (χ2n) is 5.49. The van der Waals surface area contributed by atoms with E-state index in [4.69, 9.17) is 4.74 Å². The van der Waals surface area contributed by atoms with Gasteiger partial charge in [-0.25, -0.2) is 4.79 Å². The van der Waals surface area contributed by atoms with Crippen molar-refractivity contribution in [3.8, 4) is 11.8 Å². The Morgan fingerprint density at radius 2 is 1.86 bits per heavy atom. The van der Waals surface area contributed by atoms with Gasteiger partial charge in [0.2, 0.25) is 0 Å². The molecule has 0 aliphatic rings. The van der Waals surface area contributed by atoms with Crippen LogP contribution in [0.2, 0.25) is 0 Å². The number of benzene rings is 2. The number of hydrogen-bond acceptors (Lipinski definition) is 3. The molecule has 5 nitrogen and oxygen atoms in total. The highest BCUT2D eigenvalue weighted by Gasteiger charge is 2.30. The normalized spacial score (nSPS) is 10.4. The van der Waals surface area contributed by atoms with Crippen LogP contribution in [0.3, 0.4) is 0 Å². The third-order valence-corrected chi connectivity index (χ3v) is 3.41. The molecule has 0 aliphatic heterocycles. The molecule has 0 spiro atoms. The van der Waals surface area contributed by atoms with Crippen molar-refractivity contribution in [2.24, 2.45) is 0 Å². The highest BCUT2D eigenvalue weighted by Crippen LogP contribution is 2.29. The summed E-state index contributed by atoms with van der Waals surface area (Å²) in [5.41, 5.74) is 0.0928. The average Bonchev–Trinajstić information content (AvgIpc) is 2.65. The van der Waals surface area contributed by atoms with E-state index in [-0.39, 0.29) is 24.3 Å². The molecule has 0 aromatic heterocycles. The number of amides is 2. The lowest BCUT2D eigenvalue weighted by molar-refractivity contribution is -0.137. The third kappa shape index (κ3) is 6.36. The van der Waals surface area contributed by atoms with Gasteiger partial charge < -0.3 is 10.1 Å². The zero-order chi connectivity index (χ0) is 20.6. The lowest BCUT2D eigenvalue weighted by Gasteiger charge is -2.07. The molecule has 2 aromatic rings. The van der Waals surface area contributed by atoms with Crippen molar-refractivity contribution in [1.82, 2.24) is 5.32 Å². The summed E-state index contributed by atoms with van der Waals surface area (Å²) in [6, 6.07) is 10.8. The number of carbonyl (C=O) groups is 2. The Morgan fingerprint density at radius 3 is 2.57 bits per heavy atom. The predicted molar refractivity (Wildman–Crippen MR) is 97.7 cm³/mol. The van der Waals surface area contributed by atoms with Crippen molar-refractivity contribution in [3.05, 3.63) is 65.2 Å². The first-order valence-corrected chi connectivity index (χ1v) is 8.27. The SMILES string of the molecule is CCOC(=O)Nc1cccc(C(=O)NCC#Cc2cccc(C(F)(F)F)c2)c1. The second kappa shape index (κ2) is 9.46. The lowest BCUT2D eigenvalue weighted by atomic mass is 10.1. The summed E-state index contributed by atoms with van der Waals surface area (Å²) in [6.07, 6.45) is -5.07. The van der Waals surface area contributed by atoms with Crippen LogP contribution in [0.15, 0.2) is 48.5 Å². The number of carbonyl (C=O) groups excluding carboxylic acids is 2. The molecule has 8 heteroatoms. The first-order valence-electron chi connectivity index (χ1n) is 8.27. The highest BCUT2D eigenvalue weighted by atomic mass is 19.4. The number of ether oxygens (including phenoxy) is 1. The molecule has 0 aliphatic carbocycles. The zero-order valence-corrected chi connectivity index (χ0v) is 14.9. The molecule has 28 heavy (non-hydrogen) atoms. The van der Waals surface area contributed by atoms with Crippen LogP contribution in [0.5, 0.6) is 0 Å². The molecule has 0 saturated heterocycles. The van der Waals surface area contributed by atoms with Crippen LogP contribution in [-0.4, -0.2) is 25.2 Å². The van der Waals surface area contributed by atoms with Crippen LogP contribution in [0.4, 0.5) is 23.7 Å². The second-order valence-corrected chi connectivity index (χ2v) is 5.49. The van der Waals surface area contributed by atoms with Crippen LogP contribution in [-0.2, 0) is 10.9 Å². The summed E-state index contributed by atoms with van der Waals surface area (Å²) < 4.78 is 42.8. The van der Waals surface area contributed by atoms with Crippen LogP contribution in [0, 0.1) is 11.8 Å². The number of halogens is 3. The van der Waals surface area contributed by atoms with E-state index >= 15 is 0 Å². The molecule has 0 bridgehead atoms. The quantitative estimate of drug-likeness (QED) is 0.774. The van der Waals surface area contributed by atoms with E-state index in [9.17, 15) is 22.8 Å². The van der Waals surface area contributed by atoms with Crippen molar-refractivity contribution >= 4 is 17.7 Å². The van der Waals surface area contributed by atoms with Crippen LogP contribution in [0.1, 0.15) is 28.4 Å². The third-order valence-electron chi connectivity index (χ3n) is 3.41. The van der Waals surface area contributed by atoms with Crippen molar-refractivity contribution in [3.63, 3.8) is 0 Å². The number of rotatable bonds is 4. The van der Waals surface area contributed by atoms with Gasteiger partial charge in [-0.3, -0.25) is 10.1 Å². The molecule has 0 unspecified atom stereocenters. The van der Waals surface area contributed by atoms with Gasteiger partial charge in [-0.1, -0.05) is 24.0 Å². The zero-order valence-electron chi connectivity index (χ0n) is 14.9. The Morgan fingerprint density at radius 1 is 1.11 bits per heavy atom. The smallest absolute Gasteiger partial charge is 0.416 e. The molecule has 2 N–H and O–H groups in total. The Kier molecular flexibility index (Phi) is 7.04. The van der Waals surface area contributed by atoms with Gasteiger partial charge in [-0.2, -0.15) is 13.2 Å². The Labute approximate surface area is 159 Å². The van der Waals surface area contributed by atoms with Gasteiger partial charge in [-0.15, -0.1) is 0 Å². The van der Waals surface area contributed by atoms with Crippen molar-refractivity contribution in [2.75, 3.05) is 18.5 Å². The highest BCUT2D eigenvalue weighted by molar-refractivity contribution is 5.96. The maximum absolute atomic E-state index is 12.7. The van der Waals surface area contributed by atoms with Gasteiger partial charge in [0.1, 0.15) is 0 Å². The minimum absolute atomic E-state index is 0.0510. The summed E-state index contributed by atoms with van der Waals surface area (Å²) in [4.78, 5) is 23.5. The summed E-state index contributed by atoms with van der Waals surface area (Å²) in [5, 5.41) is 5.02. The van der Waals surface area contributed by atoms with Gasteiger partial charge in [-0.05, 0) is 43.3 Å². The van der Waals surface area contributed by atoms with Crippen LogP contribution < -0.4 is 10.6 Å². The van der Waals surface area contributed by atoms with Gasteiger partial charge >= 0.3 is 12.3 Å². The molecule has 2 amide bonds. The summed E-state index contributed by atoms with van der Waals surface area (Å²) in [5.74, 6) is 4.74. The monoisotopic (exact) mass is 390 g/mol. The topological polar surface area (TPSA) is 67.4 Å². The molecule has 146 valence electrons. The average molecular weight is 390 g/mol. The van der Waals surface area contributed by atoms with E-state index in [0.29, 0.717) is 5.69 Å². The Hall–Kier alpha value is -3.47. The van der Waals surface area contributed by atoms with E-state index in [2.05, 4.69) is 22.5 Å². The number of alkyl halides is 3. The summed E-state index contributed by atoms with van der Waals surface area (Å²) in [6.45, 7) is 1.84. The summed E-state index contributed by atoms with van der Waals surface area (Å²) in [7, 11) is 0. The van der Waals surface area contributed by atoms with E-state index in [1.54, 1.807) is 25.1 Å². The number of nitrogens with one attached hydrogen (secondary N) is 2. The van der Waals surface area contributed by atoms with E-state index in [1.165, 1.54) is 18.2 Å². The standard InChI is InChI=1S/C20H17F3N2O3/c1-2-28-19(27)25-17-10-4-8-15(13-17)18(26)24-11-5-7-14-6-3-9-16(12-14)20(21,22)23/h3-4,6,8-10,12-13H,2,11H2,1H3,(H,24,26)(H,25,27). The maximum Gasteiger partial charge on any atom is 0.416 e. The fraction of sp³-hybridized carbons (Fsp3) is 0.200. The fourth-order valence-electron chi connectivity index (χ4n) is 2.17. The first kappa shape index (κ1) is 20.8. The number of hydrogen-bond donors (Lipinski definition) is 2. The minimum Gasteiger partial charge on any atom is -0.450 e. The van der Waals surface area contributed by atoms with Crippen molar-refractivity contribution < 1.29 is 27.5 Å². The van der Waals surface area contributed by atoms with Crippen LogP contribution in [0.25, 0.3) is 0 Å². The Bertz CT molecular complexity index is 915. The van der Waals surface area contributed by atoms with E-state index in [1.807, 2.05) is 0 Å². The summed E-state index contributed by atoms with van der Waals surface area (Å²) >= 11 is 0. The largest absolute Gasteiger partial charge is 0.450 e. The van der Waals surface area contributed by atoms with E-state index < -0.39 is 23.7 Å². The van der Waals surface area contributed by atoms with Gasteiger partial charge in [0, 0.05) is 16.8 Å². The molecular formula is C20H17F3N2O3. The fourth-order valence-corrected chi connectivity index (χ4v) is 2.17. The predicted octanol–water partition coefficient (Wildman–Crippen LogP) is 4.06. The van der Waals surface area contributed by atoms with E-state index in [0.717, 1.165) is 12.1 Å². The molecular weight excluding hydrogens is 373 g/mol. The van der Waals surface area contributed by atoms with Gasteiger partial charge in [0.25, 0.3) is 5.91 Å². The molecule has 0 fully saturated rings. The van der Waals surface area contributed by atoms with Gasteiger partial charge in [0.15, 0.2) is 0 Å². The number of anilines is 1. The Balaban J connectivity index is 1.95. The minimum atomic E-state index is -4.44. The first-order chi connectivity index (χ1) is 13.3. The molecule has 0 saturated carbocycles. The maximum atomic E-state index is 12.7. The molecule has 2 aromatic carbocycles. The molecule has 0 heterocycles. The molecule has 0 radical (unpaired) electrons. The lowest BCUT2D eigenvalue weighted by Crippen LogP contribution is -2.23. The van der Waals surface area contributed by atoms with Crippen molar-refractivity contribution in [2.45, 2.75) is 13.1 Å². The molecule has 0 atom stereocenters. The van der Waals surface area contributed by atoms with Crippen molar-refractivity contribution in [1.29, 1.82) is 0 Å². The van der Waals surface area contributed by atoms with Crippen LogP contribution >= 0.6 is 0 Å². The van der Waals surface area contributed by atoms with Gasteiger partial charge in [0.05, 0.1) is 18.7 Å².